The molecule has 0 saturated heterocycles. The predicted octanol–water partition coefficient (Wildman–Crippen LogP) is 3.22. The van der Waals surface area contributed by atoms with E-state index in [1.807, 2.05) is 0 Å². The minimum atomic E-state index is 0.317. The zero-order valence-electron chi connectivity index (χ0n) is 12.4. The Labute approximate surface area is 124 Å². The zero-order valence-corrected chi connectivity index (χ0v) is 13.2. The number of halogens is 1. The molecule has 0 aliphatic carbocycles. The molecule has 0 aliphatic heterocycles. The molecular weight excluding hydrogens is 276 g/mol. The van der Waals surface area contributed by atoms with E-state index < -0.39 is 0 Å². The monoisotopic (exact) mass is 296 g/mol. The SMILES string of the molecule is COc1ncnc2c1nc(CCCl)n2C(C)CC(C)C. The van der Waals surface area contributed by atoms with Crippen LogP contribution in [0.5, 0.6) is 5.88 Å². The molecule has 0 fully saturated rings. The third-order valence-electron chi connectivity index (χ3n) is 3.28. The van der Waals surface area contributed by atoms with E-state index in [9.17, 15) is 0 Å². The van der Waals surface area contributed by atoms with Crippen molar-refractivity contribution in [2.24, 2.45) is 5.92 Å². The van der Waals surface area contributed by atoms with Gasteiger partial charge in [0.15, 0.2) is 11.2 Å². The summed E-state index contributed by atoms with van der Waals surface area (Å²) in [6.07, 6.45) is 3.29. The van der Waals surface area contributed by atoms with Crippen LogP contribution in [-0.2, 0) is 6.42 Å². The highest BCUT2D eigenvalue weighted by Crippen LogP contribution is 2.28. The van der Waals surface area contributed by atoms with Crippen LogP contribution in [0.15, 0.2) is 6.33 Å². The summed E-state index contributed by atoms with van der Waals surface area (Å²) < 4.78 is 7.44. The van der Waals surface area contributed by atoms with Gasteiger partial charge in [0.05, 0.1) is 7.11 Å². The Hall–Kier alpha value is -1.36. The maximum Gasteiger partial charge on any atom is 0.245 e. The minimum absolute atomic E-state index is 0.317. The number of alkyl halides is 1. The van der Waals surface area contributed by atoms with Crippen molar-refractivity contribution in [3.05, 3.63) is 12.2 Å². The highest BCUT2D eigenvalue weighted by molar-refractivity contribution is 6.17. The van der Waals surface area contributed by atoms with Gasteiger partial charge in [-0.15, -0.1) is 11.6 Å². The van der Waals surface area contributed by atoms with Crippen LogP contribution >= 0.6 is 11.6 Å². The van der Waals surface area contributed by atoms with Crippen molar-refractivity contribution in [3.8, 4) is 5.88 Å². The molecule has 110 valence electrons. The zero-order chi connectivity index (χ0) is 14.7. The molecule has 0 radical (unpaired) electrons. The van der Waals surface area contributed by atoms with Crippen LogP contribution in [0, 0.1) is 5.92 Å². The molecule has 2 aromatic rings. The first kappa shape index (κ1) is 15.0. The van der Waals surface area contributed by atoms with Crippen molar-refractivity contribution in [3.63, 3.8) is 0 Å². The van der Waals surface area contributed by atoms with E-state index in [-0.39, 0.29) is 0 Å². The Morgan fingerprint density at radius 2 is 2.05 bits per heavy atom. The topological polar surface area (TPSA) is 52.8 Å². The van der Waals surface area contributed by atoms with E-state index in [2.05, 4.69) is 40.3 Å². The number of hydrogen-bond donors (Lipinski definition) is 0. The fourth-order valence-electron chi connectivity index (χ4n) is 2.59. The summed E-state index contributed by atoms with van der Waals surface area (Å²) in [6.45, 7) is 6.62. The van der Waals surface area contributed by atoms with Crippen molar-refractivity contribution in [2.45, 2.75) is 39.7 Å². The summed E-state index contributed by atoms with van der Waals surface area (Å²) >= 11 is 5.90. The third-order valence-corrected chi connectivity index (χ3v) is 3.47. The lowest BCUT2D eigenvalue weighted by molar-refractivity contribution is 0.401. The first-order valence-corrected chi connectivity index (χ1v) is 7.43. The van der Waals surface area contributed by atoms with E-state index in [0.29, 0.717) is 35.7 Å². The standard InChI is InChI=1S/C14H21ClN4O/c1-9(2)7-10(3)19-11(5-6-15)18-12-13(19)16-8-17-14(12)20-4/h8-10H,5-7H2,1-4H3. The van der Waals surface area contributed by atoms with Crippen molar-refractivity contribution in [1.82, 2.24) is 19.5 Å². The molecule has 0 saturated carbocycles. The molecule has 2 aromatic heterocycles. The number of imidazole rings is 1. The molecule has 6 heteroatoms. The minimum Gasteiger partial charge on any atom is -0.479 e. The van der Waals surface area contributed by atoms with Gasteiger partial charge in [0.25, 0.3) is 0 Å². The molecule has 20 heavy (non-hydrogen) atoms. The lowest BCUT2D eigenvalue weighted by Crippen LogP contribution is -2.12. The van der Waals surface area contributed by atoms with Crippen LogP contribution in [-0.4, -0.2) is 32.5 Å². The van der Waals surface area contributed by atoms with Gasteiger partial charge in [-0.05, 0) is 19.3 Å². The summed E-state index contributed by atoms with van der Waals surface area (Å²) in [6, 6.07) is 0.317. The van der Waals surface area contributed by atoms with Crippen molar-refractivity contribution >= 4 is 22.8 Å². The molecule has 2 heterocycles. The van der Waals surface area contributed by atoms with Gasteiger partial charge in [-0.1, -0.05) is 13.8 Å². The number of rotatable bonds is 6. The first-order valence-electron chi connectivity index (χ1n) is 6.90. The molecule has 5 nitrogen and oxygen atoms in total. The second kappa shape index (κ2) is 6.39. The smallest absolute Gasteiger partial charge is 0.245 e. The van der Waals surface area contributed by atoms with Gasteiger partial charge >= 0.3 is 0 Å². The third kappa shape index (κ3) is 2.87. The summed E-state index contributed by atoms with van der Waals surface area (Å²) in [5.41, 5.74) is 1.54. The van der Waals surface area contributed by atoms with Crippen LogP contribution in [0.1, 0.15) is 39.1 Å². The average Bonchev–Trinajstić information content (AvgIpc) is 2.76. The van der Waals surface area contributed by atoms with Gasteiger partial charge in [-0.3, -0.25) is 0 Å². The highest BCUT2D eigenvalue weighted by Gasteiger charge is 2.20. The quantitative estimate of drug-likeness (QED) is 0.768. The Morgan fingerprint density at radius 3 is 2.65 bits per heavy atom. The van der Waals surface area contributed by atoms with Gasteiger partial charge in [0, 0.05) is 18.3 Å². The fourth-order valence-corrected chi connectivity index (χ4v) is 2.76. The summed E-state index contributed by atoms with van der Waals surface area (Å²) in [5.74, 6) is 2.60. The molecule has 0 aromatic carbocycles. The Balaban J connectivity index is 2.56. The molecule has 0 amide bonds. The number of fused-ring (bicyclic) bond motifs is 1. The number of hydrogen-bond acceptors (Lipinski definition) is 4. The van der Waals surface area contributed by atoms with Gasteiger partial charge < -0.3 is 9.30 Å². The largest absolute Gasteiger partial charge is 0.479 e. The second-order valence-electron chi connectivity index (χ2n) is 5.37. The summed E-state index contributed by atoms with van der Waals surface area (Å²) in [5, 5.41) is 0. The summed E-state index contributed by atoms with van der Waals surface area (Å²) in [7, 11) is 1.60. The van der Waals surface area contributed by atoms with Crippen LogP contribution in [0.25, 0.3) is 11.2 Å². The van der Waals surface area contributed by atoms with E-state index >= 15 is 0 Å². The normalized spacial score (nSPS) is 13.1. The van der Waals surface area contributed by atoms with Crippen LogP contribution < -0.4 is 4.74 Å². The van der Waals surface area contributed by atoms with Gasteiger partial charge in [-0.2, -0.15) is 4.98 Å². The van der Waals surface area contributed by atoms with Crippen molar-refractivity contribution in [2.75, 3.05) is 13.0 Å². The lowest BCUT2D eigenvalue weighted by Gasteiger charge is -2.18. The van der Waals surface area contributed by atoms with Crippen LogP contribution in [0.3, 0.4) is 0 Å². The maximum atomic E-state index is 5.90. The number of nitrogens with zero attached hydrogens (tertiary/aromatic N) is 4. The number of aryl methyl sites for hydroxylation is 1. The molecule has 0 aliphatic rings. The molecule has 2 rings (SSSR count). The van der Waals surface area contributed by atoms with Gasteiger partial charge in [0.1, 0.15) is 12.2 Å². The number of ether oxygens (including phenoxy) is 1. The van der Waals surface area contributed by atoms with Crippen LogP contribution in [0.2, 0.25) is 0 Å². The molecule has 0 spiro atoms. The van der Waals surface area contributed by atoms with Gasteiger partial charge in [-0.25, -0.2) is 9.97 Å². The van der Waals surface area contributed by atoms with E-state index in [1.165, 1.54) is 6.33 Å². The molecule has 1 unspecified atom stereocenters. The van der Waals surface area contributed by atoms with Crippen molar-refractivity contribution in [1.29, 1.82) is 0 Å². The average molecular weight is 297 g/mol. The maximum absolute atomic E-state index is 5.90. The van der Waals surface area contributed by atoms with Crippen LogP contribution in [0.4, 0.5) is 0 Å². The molecule has 0 N–H and O–H groups in total. The predicted molar refractivity (Wildman–Crippen MR) is 80.5 cm³/mol. The highest BCUT2D eigenvalue weighted by atomic mass is 35.5. The Morgan fingerprint density at radius 1 is 1.30 bits per heavy atom. The van der Waals surface area contributed by atoms with Gasteiger partial charge in [0.2, 0.25) is 5.88 Å². The number of aromatic nitrogens is 4. The molecule has 0 bridgehead atoms. The summed E-state index contributed by atoms with van der Waals surface area (Å²) in [4.78, 5) is 13.1. The molecule has 1 atom stereocenters. The van der Waals surface area contributed by atoms with E-state index in [4.69, 9.17) is 16.3 Å². The lowest BCUT2D eigenvalue weighted by atomic mass is 10.0. The fraction of sp³-hybridized carbons (Fsp3) is 0.643. The second-order valence-corrected chi connectivity index (χ2v) is 5.75. The Bertz CT molecular complexity index is 582. The number of methoxy groups -OCH3 is 1. The van der Waals surface area contributed by atoms with E-state index in [1.54, 1.807) is 7.11 Å². The van der Waals surface area contributed by atoms with Crippen molar-refractivity contribution < 1.29 is 4.74 Å². The van der Waals surface area contributed by atoms with E-state index in [0.717, 1.165) is 17.9 Å². The molecular formula is C14H21ClN4O. The first-order chi connectivity index (χ1) is 9.58. The Kier molecular flexibility index (Phi) is 4.81.